The molecule has 27 heavy (non-hydrogen) atoms. The number of carbonyl (C=O) groups excluding carboxylic acids is 1. The molecule has 0 fully saturated rings. The monoisotopic (exact) mass is 379 g/mol. The lowest BCUT2D eigenvalue weighted by molar-refractivity contribution is -0.116. The fourth-order valence-corrected chi connectivity index (χ4v) is 4.63. The lowest BCUT2D eigenvalue weighted by Crippen LogP contribution is -2.22. The number of methoxy groups -OCH3 is 1. The van der Waals surface area contributed by atoms with Gasteiger partial charge in [0.25, 0.3) is 0 Å². The van der Waals surface area contributed by atoms with Crippen molar-refractivity contribution >= 4 is 22.9 Å². The van der Waals surface area contributed by atoms with Crippen molar-refractivity contribution in [2.45, 2.75) is 19.3 Å². The van der Waals surface area contributed by atoms with E-state index in [4.69, 9.17) is 9.47 Å². The Balaban J connectivity index is 1.74. The van der Waals surface area contributed by atoms with Gasteiger partial charge in [0.1, 0.15) is 11.5 Å². The van der Waals surface area contributed by atoms with Crippen LogP contribution in [0.5, 0.6) is 11.5 Å². The van der Waals surface area contributed by atoms with E-state index in [2.05, 4.69) is 16.8 Å². The van der Waals surface area contributed by atoms with Crippen LogP contribution in [0.1, 0.15) is 29.7 Å². The van der Waals surface area contributed by atoms with Crippen molar-refractivity contribution < 1.29 is 14.3 Å². The molecule has 1 N–H and O–H groups in total. The van der Waals surface area contributed by atoms with Crippen molar-refractivity contribution in [3.8, 4) is 22.6 Å². The topological polar surface area (TPSA) is 47.6 Å². The van der Waals surface area contributed by atoms with Gasteiger partial charge in [-0.25, -0.2) is 0 Å². The van der Waals surface area contributed by atoms with E-state index in [1.165, 1.54) is 4.88 Å². The van der Waals surface area contributed by atoms with Gasteiger partial charge in [-0.05, 0) is 42.3 Å². The summed E-state index contributed by atoms with van der Waals surface area (Å²) < 4.78 is 10.9. The Morgan fingerprint density at radius 2 is 1.96 bits per heavy atom. The molecule has 4 nitrogen and oxygen atoms in total. The molecule has 1 aromatic heterocycles. The van der Waals surface area contributed by atoms with Crippen molar-refractivity contribution in [2.24, 2.45) is 0 Å². The highest BCUT2D eigenvalue weighted by Crippen LogP contribution is 2.47. The second kappa shape index (κ2) is 7.45. The number of fused-ring (bicyclic) bond motifs is 1. The summed E-state index contributed by atoms with van der Waals surface area (Å²) in [6.07, 6.45) is 0.450. The van der Waals surface area contributed by atoms with Crippen molar-refractivity contribution in [3.63, 3.8) is 0 Å². The predicted molar refractivity (Wildman–Crippen MR) is 109 cm³/mol. The Kier molecular flexibility index (Phi) is 4.86. The van der Waals surface area contributed by atoms with Gasteiger partial charge in [-0.15, -0.1) is 11.3 Å². The molecule has 2 aromatic carbocycles. The number of nitrogens with one attached hydrogen (secondary N) is 1. The molecule has 0 spiro atoms. The molecule has 0 saturated heterocycles. The molecule has 0 unspecified atom stereocenters. The van der Waals surface area contributed by atoms with Crippen LogP contribution in [0.3, 0.4) is 0 Å². The number of thiophene rings is 1. The molecule has 4 rings (SSSR count). The van der Waals surface area contributed by atoms with Gasteiger partial charge in [0.05, 0.1) is 19.4 Å². The summed E-state index contributed by atoms with van der Waals surface area (Å²) in [6.45, 7) is 2.60. The highest BCUT2D eigenvalue weighted by molar-refractivity contribution is 7.11. The molecular formula is C22H21NO3S. The van der Waals surface area contributed by atoms with Gasteiger partial charge < -0.3 is 14.8 Å². The van der Waals surface area contributed by atoms with Crippen molar-refractivity contribution in [2.75, 3.05) is 19.0 Å². The fraction of sp³-hybridized carbons (Fsp3) is 0.227. The molecule has 3 aromatic rings. The van der Waals surface area contributed by atoms with Crippen LogP contribution in [-0.4, -0.2) is 19.6 Å². The number of rotatable bonds is 5. The smallest absolute Gasteiger partial charge is 0.225 e. The summed E-state index contributed by atoms with van der Waals surface area (Å²) in [5.41, 5.74) is 4.15. The molecule has 2 heterocycles. The molecule has 1 aliphatic rings. The summed E-state index contributed by atoms with van der Waals surface area (Å²) in [5.74, 6) is 1.75. The van der Waals surface area contributed by atoms with Gasteiger partial charge in [0, 0.05) is 28.2 Å². The molecule has 0 bridgehead atoms. The maximum Gasteiger partial charge on any atom is 0.225 e. The fourth-order valence-electron chi connectivity index (χ4n) is 3.47. The van der Waals surface area contributed by atoms with Gasteiger partial charge >= 0.3 is 0 Å². The van der Waals surface area contributed by atoms with Crippen LogP contribution in [0.4, 0.5) is 5.69 Å². The van der Waals surface area contributed by atoms with E-state index in [0.717, 1.165) is 33.9 Å². The molecule has 5 heteroatoms. The Morgan fingerprint density at radius 1 is 1.15 bits per heavy atom. The minimum Gasteiger partial charge on any atom is -0.497 e. The van der Waals surface area contributed by atoms with Crippen LogP contribution < -0.4 is 14.8 Å². The molecule has 1 amide bonds. The second-order valence-electron chi connectivity index (χ2n) is 6.43. The quantitative estimate of drug-likeness (QED) is 0.655. The largest absolute Gasteiger partial charge is 0.497 e. The Bertz CT molecular complexity index is 962. The first-order chi connectivity index (χ1) is 13.2. The Hall–Kier alpha value is -2.79. The van der Waals surface area contributed by atoms with E-state index in [1.807, 2.05) is 49.4 Å². The zero-order valence-electron chi connectivity index (χ0n) is 15.3. The SMILES string of the molecule is CCOc1cccc([C@H]2CC(=O)Nc3c(-c4ccc(OC)cc4)csc32)c1. The molecule has 138 valence electrons. The number of anilines is 1. The van der Waals surface area contributed by atoms with E-state index in [0.29, 0.717) is 13.0 Å². The average molecular weight is 379 g/mol. The molecule has 1 atom stereocenters. The molecule has 0 radical (unpaired) electrons. The zero-order chi connectivity index (χ0) is 18.8. The van der Waals surface area contributed by atoms with Crippen LogP contribution in [-0.2, 0) is 4.79 Å². The van der Waals surface area contributed by atoms with Crippen LogP contribution >= 0.6 is 11.3 Å². The summed E-state index contributed by atoms with van der Waals surface area (Å²) >= 11 is 1.69. The normalized spacial score (nSPS) is 15.8. The van der Waals surface area contributed by atoms with Gasteiger partial charge in [-0.2, -0.15) is 0 Å². The summed E-state index contributed by atoms with van der Waals surface area (Å²) in [4.78, 5) is 13.6. The Morgan fingerprint density at radius 3 is 2.70 bits per heavy atom. The number of hydrogen-bond acceptors (Lipinski definition) is 4. The van der Waals surface area contributed by atoms with Crippen molar-refractivity contribution in [3.05, 3.63) is 64.4 Å². The third kappa shape index (κ3) is 3.43. The van der Waals surface area contributed by atoms with Crippen LogP contribution in [0.15, 0.2) is 53.9 Å². The van der Waals surface area contributed by atoms with Gasteiger partial charge in [0.15, 0.2) is 0 Å². The minimum atomic E-state index is 0.0440. The molecular weight excluding hydrogens is 358 g/mol. The van der Waals surface area contributed by atoms with Crippen molar-refractivity contribution in [1.29, 1.82) is 0 Å². The van der Waals surface area contributed by atoms with E-state index >= 15 is 0 Å². The molecule has 0 saturated carbocycles. The van der Waals surface area contributed by atoms with Crippen LogP contribution in [0.25, 0.3) is 11.1 Å². The summed E-state index contributed by atoms with van der Waals surface area (Å²) in [6, 6.07) is 16.0. The first-order valence-corrected chi connectivity index (χ1v) is 9.86. The number of benzene rings is 2. The molecule has 1 aliphatic heterocycles. The summed E-state index contributed by atoms with van der Waals surface area (Å²) in [7, 11) is 1.66. The first kappa shape index (κ1) is 17.6. The number of amides is 1. The van der Waals surface area contributed by atoms with E-state index in [1.54, 1.807) is 18.4 Å². The molecule has 0 aliphatic carbocycles. The standard InChI is InChI=1S/C22H21NO3S/c1-3-26-17-6-4-5-15(11-17)18-12-20(24)23-21-19(13-27-22(18)21)14-7-9-16(25-2)10-8-14/h4-11,13,18H,3,12H2,1-2H3,(H,23,24)/t18-/m1/s1. The maximum absolute atomic E-state index is 12.4. The maximum atomic E-state index is 12.4. The van der Waals surface area contributed by atoms with E-state index < -0.39 is 0 Å². The lowest BCUT2D eigenvalue weighted by Gasteiger charge is -2.24. The van der Waals surface area contributed by atoms with E-state index in [9.17, 15) is 4.79 Å². The number of ether oxygens (including phenoxy) is 2. The lowest BCUT2D eigenvalue weighted by atomic mass is 9.89. The van der Waals surface area contributed by atoms with Gasteiger partial charge in [-0.1, -0.05) is 24.3 Å². The van der Waals surface area contributed by atoms with Crippen molar-refractivity contribution in [1.82, 2.24) is 0 Å². The van der Waals surface area contributed by atoms with Crippen LogP contribution in [0, 0.1) is 0 Å². The highest BCUT2D eigenvalue weighted by Gasteiger charge is 2.30. The van der Waals surface area contributed by atoms with E-state index in [-0.39, 0.29) is 11.8 Å². The number of carbonyl (C=O) groups is 1. The van der Waals surface area contributed by atoms with Crippen LogP contribution in [0.2, 0.25) is 0 Å². The first-order valence-electron chi connectivity index (χ1n) is 8.98. The highest BCUT2D eigenvalue weighted by atomic mass is 32.1. The third-order valence-corrected chi connectivity index (χ3v) is 5.86. The Labute approximate surface area is 162 Å². The van der Waals surface area contributed by atoms with Gasteiger partial charge in [-0.3, -0.25) is 4.79 Å². The third-order valence-electron chi connectivity index (χ3n) is 4.76. The average Bonchev–Trinajstić information content (AvgIpc) is 3.11. The zero-order valence-corrected chi connectivity index (χ0v) is 16.1. The summed E-state index contributed by atoms with van der Waals surface area (Å²) in [5, 5.41) is 5.21. The number of hydrogen-bond donors (Lipinski definition) is 1. The predicted octanol–water partition coefficient (Wildman–Crippen LogP) is 5.30. The minimum absolute atomic E-state index is 0.0440. The van der Waals surface area contributed by atoms with Gasteiger partial charge in [0.2, 0.25) is 5.91 Å². The second-order valence-corrected chi connectivity index (χ2v) is 7.34.